The topological polar surface area (TPSA) is 64.6 Å². The molecule has 5 rings (SSSR count). The van der Waals surface area contributed by atoms with Crippen LogP contribution in [0.2, 0.25) is 5.02 Å². The molecule has 3 aliphatic rings. The second-order valence-electron chi connectivity index (χ2n) is 10.3. The fourth-order valence-electron chi connectivity index (χ4n) is 5.81. The lowest BCUT2D eigenvalue weighted by molar-refractivity contribution is -0.144. The number of carbonyl (C=O) groups is 2. The van der Waals surface area contributed by atoms with Crippen LogP contribution in [0.25, 0.3) is 0 Å². The SMILES string of the molecule is CCCOc1ccc([C@H]2C(C(=O)OC3CCCC3)=C(C)NC3=C2C(=O)C[C@H](c2ccc(Cl)cc2)C3)cc1. The maximum absolute atomic E-state index is 13.8. The number of hydrogen-bond donors (Lipinski definition) is 1. The fourth-order valence-corrected chi connectivity index (χ4v) is 5.94. The summed E-state index contributed by atoms with van der Waals surface area (Å²) in [5.41, 5.74) is 4.84. The van der Waals surface area contributed by atoms with Crippen LogP contribution in [0.15, 0.2) is 71.1 Å². The molecule has 6 heteroatoms. The second kappa shape index (κ2) is 11.1. The van der Waals surface area contributed by atoms with E-state index in [0.29, 0.717) is 35.6 Å². The van der Waals surface area contributed by atoms with Gasteiger partial charge in [-0.05, 0) is 86.8 Å². The first kappa shape index (κ1) is 25.6. The zero-order valence-corrected chi connectivity index (χ0v) is 22.3. The lowest BCUT2D eigenvalue weighted by atomic mass is 9.71. The summed E-state index contributed by atoms with van der Waals surface area (Å²) in [6, 6.07) is 15.5. The van der Waals surface area contributed by atoms with Crippen LogP contribution in [-0.2, 0) is 14.3 Å². The minimum absolute atomic E-state index is 0.0509. The molecule has 37 heavy (non-hydrogen) atoms. The molecule has 0 bridgehead atoms. The number of benzene rings is 2. The number of nitrogens with one attached hydrogen (secondary N) is 1. The van der Waals surface area contributed by atoms with Crippen LogP contribution in [0.1, 0.15) is 81.8 Å². The van der Waals surface area contributed by atoms with Crippen molar-refractivity contribution in [2.75, 3.05) is 6.61 Å². The summed E-state index contributed by atoms with van der Waals surface area (Å²) in [7, 11) is 0. The van der Waals surface area contributed by atoms with Gasteiger partial charge < -0.3 is 14.8 Å². The summed E-state index contributed by atoms with van der Waals surface area (Å²) < 4.78 is 11.7. The van der Waals surface area contributed by atoms with E-state index < -0.39 is 5.92 Å². The Morgan fingerprint density at radius 1 is 1.00 bits per heavy atom. The summed E-state index contributed by atoms with van der Waals surface area (Å²) in [6.07, 6.45) is 5.91. The van der Waals surface area contributed by atoms with Crippen molar-refractivity contribution in [1.29, 1.82) is 0 Å². The summed E-state index contributed by atoms with van der Waals surface area (Å²) in [5.74, 6) is 0.101. The molecule has 1 saturated carbocycles. The van der Waals surface area contributed by atoms with Crippen LogP contribution in [0, 0.1) is 0 Å². The van der Waals surface area contributed by atoms with Crippen LogP contribution in [0.4, 0.5) is 0 Å². The van der Waals surface area contributed by atoms with Gasteiger partial charge in [-0.15, -0.1) is 0 Å². The molecule has 2 atom stereocenters. The highest BCUT2D eigenvalue weighted by Crippen LogP contribution is 2.46. The minimum Gasteiger partial charge on any atom is -0.494 e. The third-order valence-corrected chi connectivity index (χ3v) is 7.90. The monoisotopic (exact) mass is 519 g/mol. The number of halogens is 1. The van der Waals surface area contributed by atoms with Gasteiger partial charge in [-0.3, -0.25) is 4.79 Å². The molecule has 1 heterocycles. The molecule has 0 aromatic heterocycles. The first-order chi connectivity index (χ1) is 17.9. The van der Waals surface area contributed by atoms with Gasteiger partial charge in [0.25, 0.3) is 0 Å². The van der Waals surface area contributed by atoms with E-state index in [1.54, 1.807) is 0 Å². The molecule has 2 aromatic carbocycles. The maximum atomic E-state index is 13.8. The van der Waals surface area contributed by atoms with E-state index >= 15 is 0 Å². The van der Waals surface area contributed by atoms with Crippen molar-refractivity contribution in [3.63, 3.8) is 0 Å². The quantitative estimate of drug-likeness (QED) is 0.400. The highest BCUT2D eigenvalue weighted by molar-refractivity contribution is 6.30. The van der Waals surface area contributed by atoms with Gasteiger partial charge in [0.15, 0.2) is 5.78 Å². The van der Waals surface area contributed by atoms with Crippen molar-refractivity contribution in [3.05, 3.63) is 87.2 Å². The van der Waals surface area contributed by atoms with Crippen molar-refractivity contribution in [2.45, 2.75) is 76.7 Å². The molecule has 0 amide bonds. The van der Waals surface area contributed by atoms with Gasteiger partial charge >= 0.3 is 5.97 Å². The Morgan fingerprint density at radius 2 is 1.68 bits per heavy atom. The van der Waals surface area contributed by atoms with Crippen molar-refractivity contribution in [2.24, 2.45) is 0 Å². The number of allylic oxidation sites excluding steroid dienone is 3. The summed E-state index contributed by atoms with van der Waals surface area (Å²) in [6.45, 7) is 4.63. The van der Waals surface area contributed by atoms with Crippen LogP contribution >= 0.6 is 11.6 Å². The molecule has 2 aliphatic carbocycles. The van der Waals surface area contributed by atoms with Crippen molar-refractivity contribution in [3.8, 4) is 5.75 Å². The highest BCUT2D eigenvalue weighted by atomic mass is 35.5. The molecule has 1 fully saturated rings. The predicted octanol–water partition coefficient (Wildman–Crippen LogP) is 6.98. The molecule has 194 valence electrons. The van der Waals surface area contributed by atoms with E-state index in [0.717, 1.165) is 60.4 Å². The Hall–Kier alpha value is -3.05. The standard InChI is InChI=1S/C31H34ClNO4/c1-3-16-36-24-14-10-21(11-15-24)29-28(31(35)37-25-6-4-5-7-25)19(2)33-26-17-22(18-27(34)30(26)29)20-8-12-23(32)13-9-20/h8-15,22,25,29,33H,3-7,16-18H2,1-2H3/t22-,29+/m1/s1. The second-order valence-corrected chi connectivity index (χ2v) is 10.7. The van der Waals surface area contributed by atoms with Gasteiger partial charge in [0.05, 0.1) is 12.2 Å². The first-order valence-electron chi connectivity index (χ1n) is 13.4. The Labute approximate surface area is 223 Å². The average molecular weight is 520 g/mol. The maximum Gasteiger partial charge on any atom is 0.337 e. The van der Waals surface area contributed by atoms with Gasteiger partial charge in [0, 0.05) is 34.3 Å². The first-order valence-corrected chi connectivity index (χ1v) is 13.8. The van der Waals surface area contributed by atoms with Gasteiger partial charge in [0.2, 0.25) is 0 Å². The van der Waals surface area contributed by atoms with E-state index in [9.17, 15) is 9.59 Å². The van der Waals surface area contributed by atoms with Gasteiger partial charge in [-0.2, -0.15) is 0 Å². The molecular weight excluding hydrogens is 486 g/mol. The Morgan fingerprint density at radius 3 is 2.35 bits per heavy atom. The smallest absolute Gasteiger partial charge is 0.337 e. The molecule has 1 N–H and O–H groups in total. The van der Waals surface area contributed by atoms with E-state index in [4.69, 9.17) is 21.1 Å². The Balaban J connectivity index is 1.51. The van der Waals surface area contributed by atoms with Crippen LogP contribution in [0.3, 0.4) is 0 Å². The number of ether oxygens (including phenoxy) is 2. The summed E-state index contributed by atoms with van der Waals surface area (Å²) in [5, 5.41) is 4.12. The molecule has 0 spiro atoms. The van der Waals surface area contributed by atoms with Crippen molar-refractivity contribution >= 4 is 23.4 Å². The van der Waals surface area contributed by atoms with Gasteiger partial charge in [0.1, 0.15) is 11.9 Å². The van der Waals surface area contributed by atoms with E-state index in [-0.39, 0.29) is 23.8 Å². The molecule has 5 nitrogen and oxygen atoms in total. The molecule has 1 aliphatic heterocycles. The number of hydrogen-bond acceptors (Lipinski definition) is 5. The van der Waals surface area contributed by atoms with Crippen LogP contribution in [0.5, 0.6) is 5.75 Å². The number of Topliss-reactive ketones (excluding diaryl/α,β-unsaturated/α-hetero) is 1. The zero-order valence-electron chi connectivity index (χ0n) is 21.5. The highest BCUT2D eigenvalue weighted by Gasteiger charge is 2.42. The van der Waals surface area contributed by atoms with Crippen LogP contribution in [-0.4, -0.2) is 24.5 Å². The minimum atomic E-state index is -0.468. The number of dihydropyridines is 1. The predicted molar refractivity (Wildman–Crippen MR) is 145 cm³/mol. The van der Waals surface area contributed by atoms with Crippen molar-refractivity contribution in [1.82, 2.24) is 5.32 Å². The van der Waals surface area contributed by atoms with E-state index in [1.165, 1.54) is 0 Å². The molecular formula is C31H34ClNO4. The van der Waals surface area contributed by atoms with E-state index in [2.05, 4.69) is 12.2 Å². The van der Waals surface area contributed by atoms with Gasteiger partial charge in [-0.1, -0.05) is 42.8 Å². The zero-order chi connectivity index (χ0) is 25.9. The lowest BCUT2D eigenvalue weighted by Crippen LogP contribution is -2.36. The third kappa shape index (κ3) is 5.47. The fraction of sp³-hybridized carbons (Fsp3) is 0.419. The van der Waals surface area contributed by atoms with Crippen LogP contribution < -0.4 is 10.1 Å². The Bertz CT molecular complexity index is 1220. The molecule has 0 radical (unpaired) electrons. The summed E-state index contributed by atoms with van der Waals surface area (Å²) >= 11 is 6.09. The number of carbonyl (C=O) groups excluding carboxylic acids is 2. The molecule has 0 saturated heterocycles. The number of esters is 1. The normalized spacial score (nSPS) is 22.1. The lowest BCUT2D eigenvalue weighted by Gasteiger charge is -2.37. The number of ketones is 1. The molecule has 0 unspecified atom stereocenters. The molecule has 2 aromatic rings. The summed E-state index contributed by atoms with van der Waals surface area (Å²) in [4.78, 5) is 27.3. The van der Waals surface area contributed by atoms with E-state index in [1.807, 2.05) is 55.5 Å². The Kier molecular flexibility index (Phi) is 7.71. The van der Waals surface area contributed by atoms with Crippen molar-refractivity contribution < 1.29 is 19.1 Å². The third-order valence-electron chi connectivity index (χ3n) is 7.65. The van der Waals surface area contributed by atoms with Gasteiger partial charge in [-0.25, -0.2) is 4.79 Å². The largest absolute Gasteiger partial charge is 0.494 e. The number of rotatable bonds is 7. The average Bonchev–Trinajstić information content (AvgIpc) is 3.40.